The summed E-state index contributed by atoms with van der Waals surface area (Å²) in [6.07, 6.45) is 6.99. The van der Waals surface area contributed by atoms with E-state index >= 15 is 0 Å². The van der Waals surface area contributed by atoms with Gasteiger partial charge in [0.25, 0.3) is 0 Å². The van der Waals surface area contributed by atoms with Gasteiger partial charge in [0.15, 0.2) is 11.4 Å². The second-order valence-electron chi connectivity index (χ2n) is 5.01. The van der Waals surface area contributed by atoms with E-state index in [2.05, 4.69) is 23.7 Å². The van der Waals surface area contributed by atoms with Crippen molar-refractivity contribution >= 4 is 22.8 Å². The molecule has 100 valence electrons. The predicted octanol–water partition coefficient (Wildman–Crippen LogP) is 3.53. The Hall–Kier alpha value is -0.900. The number of hydrogen-bond donors (Lipinski definition) is 0. The van der Waals surface area contributed by atoms with Crippen molar-refractivity contribution in [2.24, 2.45) is 5.92 Å². The lowest BCUT2D eigenvalue weighted by atomic mass is 9.85. The summed E-state index contributed by atoms with van der Waals surface area (Å²) in [6, 6.07) is 0. The minimum Gasteiger partial charge on any atom is -0.348 e. The molecule has 4 heteroatoms. The van der Waals surface area contributed by atoms with Gasteiger partial charge in [-0.1, -0.05) is 31.1 Å². The fourth-order valence-electron chi connectivity index (χ4n) is 2.32. The summed E-state index contributed by atoms with van der Waals surface area (Å²) in [5.74, 6) is 0.836. The van der Waals surface area contributed by atoms with Gasteiger partial charge in [-0.3, -0.25) is 4.79 Å². The third-order valence-electron chi connectivity index (χ3n) is 3.67. The van der Waals surface area contributed by atoms with Gasteiger partial charge in [0.1, 0.15) is 0 Å². The van der Waals surface area contributed by atoms with Gasteiger partial charge in [-0.2, -0.15) is 0 Å². The maximum Gasteiger partial charge on any atom is 0.186 e. The summed E-state index contributed by atoms with van der Waals surface area (Å²) in [6.45, 7) is 6.38. The predicted molar refractivity (Wildman–Crippen MR) is 76.7 cm³/mol. The molecular weight excluding hydrogens is 244 g/mol. The Morgan fingerprint density at radius 2 is 2.22 bits per heavy atom. The van der Waals surface area contributed by atoms with Gasteiger partial charge in [0.2, 0.25) is 0 Å². The van der Waals surface area contributed by atoms with E-state index < -0.39 is 0 Å². The zero-order valence-electron chi connectivity index (χ0n) is 11.3. The van der Waals surface area contributed by atoms with Crippen molar-refractivity contribution in [3.63, 3.8) is 0 Å². The van der Waals surface area contributed by atoms with Gasteiger partial charge < -0.3 is 4.90 Å². The summed E-state index contributed by atoms with van der Waals surface area (Å²) in [7, 11) is 0. The number of hydrogen-bond acceptors (Lipinski definition) is 4. The lowest BCUT2D eigenvalue weighted by Gasteiger charge is -2.31. The average molecular weight is 266 g/mol. The Labute approximate surface area is 113 Å². The molecule has 0 aliphatic heterocycles. The number of rotatable bonds is 7. The molecule has 1 aliphatic carbocycles. The molecule has 0 bridgehead atoms. The molecule has 3 nitrogen and oxygen atoms in total. The molecule has 2 rings (SSSR count). The summed E-state index contributed by atoms with van der Waals surface area (Å²) in [5.41, 5.74) is 0.986. The molecule has 1 aromatic rings. The van der Waals surface area contributed by atoms with Crippen LogP contribution in [0.2, 0.25) is 0 Å². The second-order valence-corrected chi connectivity index (χ2v) is 6.02. The first-order chi connectivity index (χ1) is 8.78. The van der Waals surface area contributed by atoms with Gasteiger partial charge in [-0.15, -0.1) is 0 Å². The molecule has 0 aromatic carbocycles. The van der Waals surface area contributed by atoms with Gasteiger partial charge in [-0.05, 0) is 32.1 Å². The van der Waals surface area contributed by atoms with Crippen molar-refractivity contribution in [1.82, 2.24) is 4.98 Å². The molecule has 1 aromatic heterocycles. The van der Waals surface area contributed by atoms with Gasteiger partial charge >= 0.3 is 0 Å². The van der Waals surface area contributed by atoms with Gasteiger partial charge in [0, 0.05) is 13.1 Å². The van der Waals surface area contributed by atoms with Crippen LogP contribution in [0.15, 0.2) is 0 Å². The van der Waals surface area contributed by atoms with Crippen molar-refractivity contribution in [3.8, 4) is 0 Å². The van der Waals surface area contributed by atoms with Crippen LogP contribution in [0.4, 0.5) is 5.13 Å². The highest BCUT2D eigenvalue weighted by Gasteiger charge is 2.22. The molecule has 0 amide bonds. The number of thiazole rings is 1. The standard InChI is InChI=1S/C14H22N2OS/c1-3-6-12-13(10-17)18-14(15-12)16(4-2)9-11-7-5-8-11/h10-11H,3-9H2,1-2H3. The van der Waals surface area contributed by atoms with E-state index in [1.165, 1.54) is 19.3 Å². The zero-order chi connectivity index (χ0) is 13.0. The van der Waals surface area contributed by atoms with E-state index in [0.29, 0.717) is 0 Å². The molecule has 1 fully saturated rings. The van der Waals surface area contributed by atoms with E-state index in [-0.39, 0.29) is 0 Å². The van der Waals surface area contributed by atoms with E-state index in [4.69, 9.17) is 0 Å². The number of carbonyl (C=O) groups is 1. The number of nitrogens with zero attached hydrogens (tertiary/aromatic N) is 2. The molecule has 1 saturated carbocycles. The molecule has 1 heterocycles. The third kappa shape index (κ3) is 2.91. The first-order valence-corrected chi connectivity index (χ1v) is 7.79. The van der Waals surface area contributed by atoms with Crippen LogP contribution >= 0.6 is 11.3 Å². The minimum absolute atomic E-state index is 0.818. The van der Waals surface area contributed by atoms with Crippen LogP contribution in [0.5, 0.6) is 0 Å². The normalized spacial score (nSPS) is 15.4. The van der Waals surface area contributed by atoms with Crippen molar-refractivity contribution in [2.75, 3.05) is 18.0 Å². The van der Waals surface area contributed by atoms with E-state index in [1.807, 2.05) is 0 Å². The number of anilines is 1. The quantitative estimate of drug-likeness (QED) is 0.708. The third-order valence-corrected chi connectivity index (χ3v) is 4.75. The monoisotopic (exact) mass is 266 g/mol. The van der Waals surface area contributed by atoms with Crippen molar-refractivity contribution in [3.05, 3.63) is 10.6 Å². The maximum atomic E-state index is 11.1. The first-order valence-electron chi connectivity index (χ1n) is 6.98. The molecule has 0 N–H and O–H groups in total. The SMILES string of the molecule is CCCc1nc(N(CC)CC2CCC2)sc1C=O. The van der Waals surface area contributed by atoms with Crippen molar-refractivity contribution in [2.45, 2.75) is 46.0 Å². The first kappa shape index (κ1) is 13.5. The molecule has 0 unspecified atom stereocenters. The van der Waals surface area contributed by atoms with Crippen LogP contribution in [-0.4, -0.2) is 24.4 Å². The Balaban J connectivity index is 2.10. The topological polar surface area (TPSA) is 33.2 Å². The molecule has 18 heavy (non-hydrogen) atoms. The van der Waals surface area contributed by atoms with Crippen LogP contribution < -0.4 is 4.90 Å². The Bertz CT molecular complexity index is 398. The molecule has 0 saturated heterocycles. The van der Waals surface area contributed by atoms with Crippen LogP contribution in [0.3, 0.4) is 0 Å². The molecule has 0 atom stereocenters. The van der Waals surface area contributed by atoms with Crippen LogP contribution in [0.1, 0.15) is 54.9 Å². The Morgan fingerprint density at radius 1 is 1.44 bits per heavy atom. The summed E-state index contributed by atoms with van der Waals surface area (Å²) in [4.78, 5) is 18.9. The van der Waals surface area contributed by atoms with Crippen molar-refractivity contribution in [1.29, 1.82) is 0 Å². The average Bonchev–Trinajstić information content (AvgIpc) is 2.71. The number of aryl methyl sites for hydroxylation is 1. The second kappa shape index (κ2) is 6.32. The molecule has 0 radical (unpaired) electrons. The van der Waals surface area contributed by atoms with E-state index in [0.717, 1.165) is 53.8 Å². The minimum atomic E-state index is 0.818. The van der Waals surface area contributed by atoms with Crippen molar-refractivity contribution < 1.29 is 4.79 Å². The fraction of sp³-hybridized carbons (Fsp3) is 0.714. The molecule has 0 spiro atoms. The highest BCUT2D eigenvalue weighted by Crippen LogP contribution is 2.31. The number of carbonyl (C=O) groups excluding carboxylic acids is 1. The molecule has 1 aliphatic rings. The summed E-state index contributed by atoms with van der Waals surface area (Å²) in [5, 5.41) is 1.04. The zero-order valence-corrected chi connectivity index (χ0v) is 12.1. The highest BCUT2D eigenvalue weighted by molar-refractivity contribution is 7.17. The van der Waals surface area contributed by atoms with Crippen LogP contribution in [0, 0.1) is 5.92 Å². The van der Waals surface area contributed by atoms with Gasteiger partial charge in [0.05, 0.1) is 10.6 Å². The van der Waals surface area contributed by atoms with Gasteiger partial charge in [-0.25, -0.2) is 4.98 Å². The maximum absolute atomic E-state index is 11.1. The fourth-order valence-corrected chi connectivity index (χ4v) is 3.32. The summed E-state index contributed by atoms with van der Waals surface area (Å²) < 4.78 is 0. The van der Waals surface area contributed by atoms with E-state index in [9.17, 15) is 4.79 Å². The summed E-state index contributed by atoms with van der Waals surface area (Å²) >= 11 is 1.56. The van der Waals surface area contributed by atoms with E-state index in [1.54, 1.807) is 11.3 Å². The largest absolute Gasteiger partial charge is 0.348 e. The van der Waals surface area contributed by atoms with Crippen LogP contribution in [0.25, 0.3) is 0 Å². The number of aldehydes is 1. The lowest BCUT2D eigenvalue weighted by molar-refractivity contribution is 0.112. The Kier molecular flexibility index (Phi) is 4.75. The smallest absolute Gasteiger partial charge is 0.186 e. The number of aromatic nitrogens is 1. The Morgan fingerprint density at radius 3 is 2.72 bits per heavy atom. The van der Waals surface area contributed by atoms with Crippen LogP contribution in [-0.2, 0) is 6.42 Å². The molecular formula is C14H22N2OS. The highest BCUT2D eigenvalue weighted by atomic mass is 32.1. The lowest BCUT2D eigenvalue weighted by Crippen LogP contribution is -2.32.